The van der Waals surface area contributed by atoms with Crippen molar-refractivity contribution < 1.29 is 33.0 Å². The van der Waals surface area contributed by atoms with Gasteiger partial charge in [-0.15, -0.1) is 9.42 Å². The third-order valence-corrected chi connectivity index (χ3v) is 11.8. The van der Waals surface area contributed by atoms with E-state index in [2.05, 4.69) is 43.8 Å². The van der Waals surface area contributed by atoms with Crippen molar-refractivity contribution in [2.45, 2.75) is 82.7 Å². The monoisotopic (exact) mass is 498 g/mol. The van der Waals surface area contributed by atoms with Gasteiger partial charge in [-0.2, -0.15) is 0 Å². The zero-order valence-corrected chi connectivity index (χ0v) is 21.6. The minimum Gasteiger partial charge on any atom is -0.477 e. The molecule has 0 bridgehead atoms. The Labute approximate surface area is 195 Å². The summed E-state index contributed by atoms with van der Waals surface area (Å²) in [5, 5.41) is 10.7. The van der Waals surface area contributed by atoms with Crippen LogP contribution in [0.4, 0.5) is 0 Å². The molecule has 5 atom stereocenters. The largest absolute Gasteiger partial charge is 0.695 e. The molecule has 2 aliphatic heterocycles. The van der Waals surface area contributed by atoms with Crippen molar-refractivity contribution in [1.82, 2.24) is 14.5 Å². The minimum atomic E-state index is -2.92. The van der Waals surface area contributed by atoms with E-state index in [0.717, 1.165) is 30.2 Å². The Morgan fingerprint density at radius 3 is 2.70 bits per heavy atom. The van der Waals surface area contributed by atoms with Crippen LogP contribution >= 0.6 is 8.25 Å². The lowest BCUT2D eigenvalue weighted by Crippen LogP contribution is -2.49. The smallest absolute Gasteiger partial charge is 0.477 e. The topological polar surface area (TPSA) is 125 Å². The second-order valence-corrected chi connectivity index (χ2v) is 15.6. The quantitative estimate of drug-likeness (QED) is 0.455. The van der Waals surface area contributed by atoms with E-state index in [0.29, 0.717) is 18.1 Å². The number of aliphatic hydroxyl groups is 1. The molecular formula is C21H33N3O7PSi+. The van der Waals surface area contributed by atoms with E-state index in [4.69, 9.17) is 18.4 Å². The Morgan fingerprint density at radius 1 is 1.27 bits per heavy atom. The van der Waals surface area contributed by atoms with Gasteiger partial charge in [0.2, 0.25) is 5.88 Å². The zero-order valence-electron chi connectivity index (χ0n) is 19.7. The number of aromatic nitrogens is 3. The molecule has 1 unspecified atom stereocenters. The van der Waals surface area contributed by atoms with Gasteiger partial charge in [-0.3, -0.25) is 0 Å². The highest BCUT2D eigenvalue weighted by Crippen LogP contribution is 2.45. The molecule has 10 nitrogen and oxygen atoms in total. The number of aliphatic hydroxyl groups excluding tert-OH is 1. The first-order valence-electron chi connectivity index (χ1n) is 11.3. The molecule has 0 amide bonds. The van der Waals surface area contributed by atoms with Crippen LogP contribution in [0, 0.1) is 0 Å². The highest BCUT2D eigenvalue weighted by Gasteiger charge is 2.54. The number of hydrogen-bond acceptors (Lipinski definition) is 8. The van der Waals surface area contributed by atoms with Crippen LogP contribution in [0.15, 0.2) is 12.5 Å². The molecule has 0 radical (unpaired) electrons. The van der Waals surface area contributed by atoms with Gasteiger partial charge in [0.05, 0.1) is 18.6 Å². The molecule has 0 aromatic carbocycles. The molecule has 2 aromatic rings. The molecule has 2 aliphatic rings. The van der Waals surface area contributed by atoms with Gasteiger partial charge in [0.25, 0.3) is 0 Å². The number of aryl methyl sites for hydroxylation is 1. The fraction of sp³-hybridized carbons (Fsp3) is 0.714. The van der Waals surface area contributed by atoms with Gasteiger partial charge in [-0.1, -0.05) is 20.8 Å². The standard InChI is InChI=1S/C21H32N3O7PSi/c1-21(2,3)33(4,5)31-17-16(30-32(26)27)14(11-25)29-20(17)24-10-13-8-6-7-9-28-19-15(13)18(24)22-12-23-19/h10,12,14,16-17,20,25H,6-9,11H2,1-5H3/p+1/t14-,16-,17-,20-/m1/s1. The summed E-state index contributed by atoms with van der Waals surface area (Å²) in [5.41, 5.74) is 1.68. The van der Waals surface area contributed by atoms with Crippen molar-refractivity contribution in [3.05, 3.63) is 18.1 Å². The third-order valence-electron chi connectivity index (χ3n) is 6.92. The van der Waals surface area contributed by atoms with Gasteiger partial charge in [0.15, 0.2) is 20.6 Å². The van der Waals surface area contributed by atoms with Gasteiger partial charge < -0.3 is 23.6 Å². The van der Waals surface area contributed by atoms with Crippen molar-refractivity contribution in [1.29, 1.82) is 0 Å². The van der Waals surface area contributed by atoms with Gasteiger partial charge in [0, 0.05) is 10.8 Å². The Hall–Kier alpha value is -1.46. The molecule has 12 heteroatoms. The zero-order chi connectivity index (χ0) is 24.0. The molecule has 4 rings (SSSR count). The molecule has 1 saturated heterocycles. The summed E-state index contributed by atoms with van der Waals surface area (Å²) in [4.78, 5) is 18.4. The Bertz CT molecular complexity index is 1030. The average molecular weight is 499 g/mol. The predicted molar refractivity (Wildman–Crippen MR) is 124 cm³/mol. The lowest BCUT2D eigenvalue weighted by Gasteiger charge is -2.40. The number of rotatable bonds is 6. The van der Waals surface area contributed by atoms with Crippen LogP contribution in [-0.2, 0) is 24.7 Å². The molecule has 2 aromatic heterocycles. The van der Waals surface area contributed by atoms with Crippen molar-refractivity contribution >= 4 is 27.6 Å². The van der Waals surface area contributed by atoms with Crippen LogP contribution in [0.3, 0.4) is 0 Å². The van der Waals surface area contributed by atoms with Crippen LogP contribution in [0.5, 0.6) is 5.88 Å². The van der Waals surface area contributed by atoms with Crippen LogP contribution < -0.4 is 4.74 Å². The van der Waals surface area contributed by atoms with E-state index < -0.39 is 41.1 Å². The first-order valence-corrected chi connectivity index (χ1v) is 15.3. The van der Waals surface area contributed by atoms with E-state index in [1.54, 1.807) is 0 Å². The molecular weight excluding hydrogens is 465 g/mol. The number of nitrogens with zero attached hydrogens (tertiary/aromatic N) is 3. The molecule has 0 spiro atoms. The van der Waals surface area contributed by atoms with E-state index in [1.807, 2.05) is 10.8 Å². The molecule has 4 heterocycles. The van der Waals surface area contributed by atoms with Crippen LogP contribution in [0.2, 0.25) is 18.1 Å². The highest BCUT2D eigenvalue weighted by atomic mass is 31.1. The summed E-state index contributed by atoms with van der Waals surface area (Å²) in [6.45, 7) is 10.8. The van der Waals surface area contributed by atoms with Crippen LogP contribution in [0.1, 0.15) is 45.4 Å². The normalized spacial score (nSPS) is 26.7. The molecule has 33 heavy (non-hydrogen) atoms. The van der Waals surface area contributed by atoms with E-state index in [-0.39, 0.29) is 11.6 Å². The summed E-state index contributed by atoms with van der Waals surface area (Å²) in [5.74, 6) is 0.540. The van der Waals surface area contributed by atoms with E-state index >= 15 is 0 Å². The summed E-state index contributed by atoms with van der Waals surface area (Å²) >= 11 is 0. The lowest BCUT2D eigenvalue weighted by molar-refractivity contribution is -0.0485. The SMILES string of the molecule is CC(C)(C)[Si](C)(C)O[C@@H]1[C@H](O[P+](=O)O)[C@@H](CO)O[C@H]1n1cc2c3c(ncnc31)OCCCC2. The molecule has 0 aliphatic carbocycles. The molecule has 182 valence electrons. The average Bonchev–Trinajstić information content (AvgIpc) is 3.23. The summed E-state index contributed by atoms with van der Waals surface area (Å²) in [7, 11) is -5.28. The first-order chi connectivity index (χ1) is 15.5. The maximum absolute atomic E-state index is 11.7. The Kier molecular flexibility index (Phi) is 6.94. The van der Waals surface area contributed by atoms with E-state index in [9.17, 15) is 14.6 Å². The number of ether oxygens (including phenoxy) is 2. The van der Waals surface area contributed by atoms with Gasteiger partial charge >= 0.3 is 8.25 Å². The third kappa shape index (κ3) is 4.73. The first kappa shape index (κ1) is 24.7. The van der Waals surface area contributed by atoms with Gasteiger partial charge in [-0.05, 0) is 43.0 Å². The fourth-order valence-corrected chi connectivity index (χ4v) is 5.91. The van der Waals surface area contributed by atoms with Crippen molar-refractivity contribution in [3.63, 3.8) is 0 Å². The predicted octanol–water partition coefficient (Wildman–Crippen LogP) is 3.46. The summed E-state index contributed by atoms with van der Waals surface area (Å²) < 4.78 is 37.7. The van der Waals surface area contributed by atoms with Gasteiger partial charge in [0.1, 0.15) is 24.2 Å². The summed E-state index contributed by atoms with van der Waals surface area (Å²) in [6, 6.07) is 0. The maximum Gasteiger partial charge on any atom is 0.695 e. The Morgan fingerprint density at radius 2 is 2.03 bits per heavy atom. The number of hydrogen-bond donors (Lipinski definition) is 2. The van der Waals surface area contributed by atoms with Crippen molar-refractivity contribution in [2.75, 3.05) is 13.2 Å². The lowest BCUT2D eigenvalue weighted by atomic mass is 10.1. The molecule has 0 saturated carbocycles. The summed E-state index contributed by atoms with van der Waals surface area (Å²) in [6.07, 6.45) is 3.00. The van der Waals surface area contributed by atoms with Crippen molar-refractivity contribution in [2.24, 2.45) is 0 Å². The highest BCUT2D eigenvalue weighted by molar-refractivity contribution is 7.32. The second kappa shape index (κ2) is 9.29. The van der Waals surface area contributed by atoms with Crippen LogP contribution in [-0.4, -0.2) is 64.4 Å². The van der Waals surface area contributed by atoms with Crippen molar-refractivity contribution in [3.8, 4) is 5.88 Å². The Balaban J connectivity index is 1.82. The maximum atomic E-state index is 11.7. The van der Waals surface area contributed by atoms with Crippen LogP contribution in [0.25, 0.3) is 11.0 Å². The fourth-order valence-electron chi connectivity index (χ4n) is 4.16. The van der Waals surface area contributed by atoms with Gasteiger partial charge in [-0.25, -0.2) is 9.97 Å². The minimum absolute atomic E-state index is 0.118. The second-order valence-electron chi connectivity index (χ2n) is 10.1. The van der Waals surface area contributed by atoms with E-state index in [1.165, 1.54) is 6.33 Å². The molecule has 1 fully saturated rings. The molecule has 2 N–H and O–H groups in total.